The molecule has 2 heterocycles. The van der Waals surface area contributed by atoms with Crippen LogP contribution in [0.2, 0.25) is 0 Å². The highest BCUT2D eigenvalue weighted by Gasteiger charge is 2.27. The number of nitrogens with zero attached hydrogens (tertiary/aromatic N) is 3. The summed E-state index contributed by atoms with van der Waals surface area (Å²) in [5.74, 6) is -0.128. The molecular weight excluding hydrogens is 424 g/mol. The van der Waals surface area contributed by atoms with Crippen molar-refractivity contribution in [1.29, 1.82) is 0 Å². The lowest BCUT2D eigenvalue weighted by Crippen LogP contribution is -2.50. The molecule has 7 nitrogen and oxygen atoms in total. The molecule has 1 atom stereocenters. The average molecular weight is 451 g/mol. The Hall–Kier alpha value is -3.23. The summed E-state index contributed by atoms with van der Waals surface area (Å²) in [4.78, 5) is 33.1. The maximum atomic E-state index is 12.9. The van der Waals surface area contributed by atoms with Crippen molar-refractivity contribution in [3.05, 3.63) is 87.9 Å². The van der Waals surface area contributed by atoms with Crippen molar-refractivity contribution in [2.75, 3.05) is 26.2 Å². The molecule has 32 heavy (non-hydrogen) atoms. The van der Waals surface area contributed by atoms with E-state index in [9.17, 15) is 9.59 Å². The van der Waals surface area contributed by atoms with E-state index in [1.165, 1.54) is 11.3 Å². The molecule has 1 aromatic heterocycles. The van der Waals surface area contributed by atoms with Gasteiger partial charge in [0.2, 0.25) is 0 Å². The van der Waals surface area contributed by atoms with Gasteiger partial charge in [0.1, 0.15) is 17.3 Å². The predicted octanol–water partition coefficient (Wildman–Crippen LogP) is 3.48. The first-order chi connectivity index (χ1) is 15.6. The van der Waals surface area contributed by atoms with Crippen molar-refractivity contribution >= 4 is 23.3 Å². The van der Waals surface area contributed by atoms with Gasteiger partial charge in [-0.1, -0.05) is 60.7 Å². The molecule has 1 unspecified atom stereocenters. The number of benzene rings is 2. The average Bonchev–Trinajstić information content (AvgIpc) is 3.34. The number of carbonyl (C=O) groups excluding carboxylic acids is 2. The van der Waals surface area contributed by atoms with Gasteiger partial charge in [0.05, 0.1) is 6.04 Å². The van der Waals surface area contributed by atoms with E-state index in [1.807, 2.05) is 60.7 Å². The molecule has 8 heteroatoms. The van der Waals surface area contributed by atoms with Gasteiger partial charge in [-0.2, -0.15) is 0 Å². The Labute approximate surface area is 191 Å². The number of rotatable bonds is 6. The fraction of sp³-hybridized carbons (Fsp3) is 0.292. The molecule has 1 aliphatic rings. The summed E-state index contributed by atoms with van der Waals surface area (Å²) in [6.07, 6.45) is 0.315. The van der Waals surface area contributed by atoms with Crippen LogP contribution in [0.3, 0.4) is 0 Å². The van der Waals surface area contributed by atoms with Crippen molar-refractivity contribution in [2.45, 2.75) is 19.1 Å². The van der Waals surface area contributed by atoms with E-state index < -0.39 is 0 Å². The second kappa shape index (κ2) is 10.4. The van der Waals surface area contributed by atoms with Crippen molar-refractivity contribution in [2.24, 2.45) is 5.73 Å². The molecule has 3 aromatic rings. The van der Waals surface area contributed by atoms with Crippen molar-refractivity contribution in [3.63, 3.8) is 0 Å². The maximum absolute atomic E-state index is 12.9. The topological polar surface area (TPSA) is 88.8 Å². The van der Waals surface area contributed by atoms with Gasteiger partial charge >= 0.3 is 6.09 Å². The SMILES string of the molecule is NC(Cc1ccccc1)c1nc(C(=O)N2CCN(C(=O)OCc3ccccc3)CC2)cs1. The van der Waals surface area contributed by atoms with E-state index in [-0.39, 0.29) is 24.6 Å². The Morgan fingerprint density at radius 3 is 2.19 bits per heavy atom. The van der Waals surface area contributed by atoms with Crippen molar-refractivity contribution in [3.8, 4) is 0 Å². The highest BCUT2D eigenvalue weighted by Crippen LogP contribution is 2.21. The quantitative estimate of drug-likeness (QED) is 0.621. The largest absolute Gasteiger partial charge is 0.445 e. The minimum Gasteiger partial charge on any atom is -0.445 e. The standard InChI is InChI=1S/C24H26N4O3S/c25-20(15-18-7-3-1-4-8-18)22-26-21(17-32-22)23(29)27-11-13-28(14-12-27)24(30)31-16-19-9-5-2-6-10-19/h1-10,17,20H,11-16,25H2. The molecule has 2 amide bonds. The molecule has 0 radical (unpaired) electrons. The zero-order valence-corrected chi connectivity index (χ0v) is 18.5. The van der Waals surface area contributed by atoms with Crippen LogP contribution in [0.4, 0.5) is 4.79 Å². The van der Waals surface area contributed by atoms with E-state index in [2.05, 4.69) is 4.98 Å². The van der Waals surface area contributed by atoms with E-state index in [0.29, 0.717) is 38.3 Å². The number of nitrogens with two attached hydrogens (primary N) is 1. The Kier molecular flexibility index (Phi) is 7.14. The second-order valence-corrected chi connectivity index (χ2v) is 8.58. The van der Waals surface area contributed by atoms with Gasteiger partial charge < -0.3 is 20.3 Å². The number of amides is 2. The van der Waals surface area contributed by atoms with Gasteiger partial charge in [-0.3, -0.25) is 4.79 Å². The summed E-state index contributed by atoms with van der Waals surface area (Å²) in [7, 11) is 0. The number of carbonyl (C=O) groups is 2. The van der Waals surface area contributed by atoms with Crippen LogP contribution in [-0.4, -0.2) is 53.0 Å². The Morgan fingerprint density at radius 2 is 1.53 bits per heavy atom. The third-order valence-corrected chi connectivity index (χ3v) is 6.36. The molecule has 1 fully saturated rings. The summed E-state index contributed by atoms with van der Waals surface area (Å²) < 4.78 is 5.39. The monoisotopic (exact) mass is 450 g/mol. The van der Waals surface area contributed by atoms with Crippen LogP contribution in [0.1, 0.15) is 32.7 Å². The van der Waals surface area contributed by atoms with Crippen LogP contribution in [0, 0.1) is 0 Å². The first-order valence-corrected chi connectivity index (χ1v) is 11.5. The Bertz CT molecular complexity index is 1030. The molecular formula is C24H26N4O3S. The van der Waals surface area contributed by atoms with E-state index >= 15 is 0 Å². The number of ether oxygens (including phenoxy) is 1. The van der Waals surface area contributed by atoms with E-state index in [0.717, 1.165) is 16.1 Å². The third kappa shape index (κ3) is 5.52. The van der Waals surface area contributed by atoms with Crippen LogP contribution in [0.5, 0.6) is 0 Å². The second-order valence-electron chi connectivity index (χ2n) is 7.69. The van der Waals surface area contributed by atoms with Crippen molar-refractivity contribution in [1.82, 2.24) is 14.8 Å². The van der Waals surface area contributed by atoms with Crippen LogP contribution < -0.4 is 5.73 Å². The maximum Gasteiger partial charge on any atom is 0.410 e. The summed E-state index contributed by atoms with van der Waals surface area (Å²) in [5.41, 5.74) is 8.80. The minimum atomic E-state index is -0.358. The molecule has 0 saturated carbocycles. The first kappa shape index (κ1) is 22.0. The number of aromatic nitrogens is 1. The van der Waals surface area contributed by atoms with E-state index in [4.69, 9.17) is 10.5 Å². The fourth-order valence-corrected chi connectivity index (χ4v) is 4.37. The first-order valence-electron chi connectivity index (χ1n) is 10.6. The lowest BCUT2D eigenvalue weighted by Gasteiger charge is -2.33. The molecule has 2 aromatic carbocycles. The zero-order valence-electron chi connectivity index (χ0n) is 17.7. The minimum absolute atomic E-state index is 0.128. The van der Waals surface area contributed by atoms with Crippen LogP contribution in [0.25, 0.3) is 0 Å². The molecule has 0 spiro atoms. The normalized spacial score (nSPS) is 14.8. The highest BCUT2D eigenvalue weighted by molar-refractivity contribution is 7.09. The summed E-state index contributed by atoms with van der Waals surface area (Å²) in [6, 6.07) is 19.3. The molecule has 0 bridgehead atoms. The number of thiazole rings is 1. The molecule has 2 N–H and O–H groups in total. The van der Waals surface area contributed by atoms with Gasteiger partial charge in [-0.05, 0) is 17.5 Å². The number of hydrogen-bond donors (Lipinski definition) is 1. The third-order valence-electron chi connectivity index (χ3n) is 5.39. The summed E-state index contributed by atoms with van der Waals surface area (Å²) in [6.45, 7) is 2.00. The van der Waals surface area contributed by atoms with Gasteiger partial charge in [0, 0.05) is 31.6 Å². The summed E-state index contributed by atoms with van der Waals surface area (Å²) >= 11 is 1.41. The molecule has 166 valence electrons. The van der Waals surface area contributed by atoms with Gasteiger partial charge in [0.15, 0.2) is 0 Å². The molecule has 0 aliphatic carbocycles. The van der Waals surface area contributed by atoms with Crippen LogP contribution >= 0.6 is 11.3 Å². The Balaban J connectivity index is 1.26. The number of piperazine rings is 1. The Morgan fingerprint density at radius 1 is 0.938 bits per heavy atom. The summed E-state index contributed by atoms with van der Waals surface area (Å²) in [5, 5.41) is 2.52. The number of hydrogen-bond acceptors (Lipinski definition) is 6. The van der Waals surface area contributed by atoms with Crippen LogP contribution in [-0.2, 0) is 17.8 Å². The van der Waals surface area contributed by atoms with E-state index in [1.54, 1.807) is 15.2 Å². The van der Waals surface area contributed by atoms with Crippen molar-refractivity contribution < 1.29 is 14.3 Å². The molecule has 1 saturated heterocycles. The lowest BCUT2D eigenvalue weighted by atomic mass is 10.1. The molecule has 1 aliphatic heterocycles. The smallest absolute Gasteiger partial charge is 0.410 e. The highest BCUT2D eigenvalue weighted by atomic mass is 32.1. The van der Waals surface area contributed by atoms with Gasteiger partial charge in [-0.25, -0.2) is 9.78 Å². The lowest BCUT2D eigenvalue weighted by molar-refractivity contribution is 0.0540. The van der Waals surface area contributed by atoms with Gasteiger partial charge in [-0.15, -0.1) is 11.3 Å². The predicted molar refractivity (Wildman–Crippen MR) is 123 cm³/mol. The zero-order chi connectivity index (χ0) is 22.3. The molecule has 4 rings (SSSR count). The van der Waals surface area contributed by atoms with Crippen LogP contribution in [0.15, 0.2) is 66.0 Å². The van der Waals surface area contributed by atoms with Gasteiger partial charge in [0.25, 0.3) is 5.91 Å². The fourth-order valence-electron chi connectivity index (χ4n) is 3.58.